The van der Waals surface area contributed by atoms with Crippen molar-refractivity contribution < 1.29 is 4.74 Å². The molecule has 0 amide bonds. The lowest BCUT2D eigenvalue weighted by Gasteiger charge is -2.48. The minimum Gasteiger partial charge on any atom is -0.486 e. The predicted octanol–water partition coefficient (Wildman–Crippen LogP) is 1.60. The van der Waals surface area contributed by atoms with Crippen LogP contribution in [0.15, 0.2) is 35.4 Å². The van der Waals surface area contributed by atoms with E-state index in [1.54, 1.807) is 0 Å². The number of piperidine rings is 3. The topological polar surface area (TPSA) is 39.5 Å². The first-order valence-electron chi connectivity index (χ1n) is 7.01. The van der Waals surface area contributed by atoms with Gasteiger partial charge in [0.15, 0.2) is 0 Å². The molecule has 3 saturated heterocycles. The molecule has 5 aliphatic rings. The van der Waals surface area contributed by atoms with Crippen molar-refractivity contribution in [3.63, 3.8) is 0 Å². The van der Waals surface area contributed by atoms with Gasteiger partial charge in [-0.25, -0.2) is 0 Å². The summed E-state index contributed by atoms with van der Waals surface area (Å²) in [5.41, 5.74) is 1.72. The van der Waals surface area contributed by atoms with Crippen molar-refractivity contribution in [2.75, 3.05) is 26.2 Å². The summed E-state index contributed by atoms with van der Waals surface area (Å²) < 4.78 is 5.62. The van der Waals surface area contributed by atoms with Crippen molar-refractivity contribution in [1.82, 2.24) is 9.80 Å². The van der Waals surface area contributed by atoms with Gasteiger partial charge in [0.1, 0.15) is 12.4 Å². The van der Waals surface area contributed by atoms with Crippen LogP contribution in [0.3, 0.4) is 0 Å². The Hall–Kier alpha value is -1.73. The van der Waals surface area contributed by atoms with Crippen LogP contribution in [0.1, 0.15) is 12.8 Å². The number of hydrogen-bond acceptors (Lipinski definition) is 4. The molecule has 0 saturated carbocycles. The molecule has 4 heteroatoms. The van der Waals surface area contributed by atoms with Crippen LogP contribution in [0, 0.1) is 17.2 Å². The van der Waals surface area contributed by atoms with Gasteiger partial charge in [-0.1, -0.05) is 0 Å². The molecule has 2 bridgehead atoms. The largest absolute Gasteiger partial charge is 0.486 e. The summed E-state index contributed by atoms with van der Waals surface area (Å²) >= 11 is 0. The molecule has 0 unspecified atom stereocenters. The second-order valence-corrected chi connectivity index (χ2v) is 5.75. The van der Waals surface area contributed by atoms with Crippen LogP contribution in [0.5, 0.6) is 0 Å². The van der Waals surface area contributed by atoms with E-state index in [9.17, 15) is 0 Å². The molecule has 0 radical (unpaired) electrons. The number of nitriles is 1. The summed E-state index contributed by atoms with van der Waals surface area (Å²) in [4.78, 5) is 4.85. The van der Waals surface area contributed by atoms with Crippen LogP contribution in [0.25, 0.3) is 0 Å². The summed E-state index contributed by atoms with van der Waals surface area (Å²) in [6, 6.07) is 2.79. The zero-order chi connectivity index (χ0) is 12.8. The minimum absolute atomic E-state index is 0.427. The third-order valence-electron chi connectivity index (χ3n) is 4.78. The maximum Gasteiger partial charge on any atom is 0.144 e. The fraction of sp³-hybridized carbons (Fsp3) is 0.533. The molecule has 0 aromatic heterocycles. The van der Waals surface area contributed by atoms with Crippen LogP contribution in [-0.4, -0.2) is 42.1 Å². The van der Waals surface area contributed by atoms with Crippen molar-refractivity contribution in [2.24, 2.45) is 5.92 Å². The Morgan fingerprint density at radius 3 is 2.84 bits per heavy atom. The van der Waals surface area contributed by atoms with Crippen LogP contribution in [0.4, 0.5) is 0 Å². The van der Waals surface area contributed by atoms with Crippen molar-refractivity contribution in [1.29, 1.82) is 5.26 Å². The molecule has 3 fully saturated rings. The molecular weight excluding hydrogens is 238 g/mol. The zero-order valence-electron chi connectivity index (χ0n) is 10.9. The quantitative estimate of drug-likeness (QED) is 0.713. The Labute approximate surface area is 113 Å². The van der Waals surface area contributed by atoms with Crippen LogP contribution in [0.2, 0.25) is 0 Å². The van der Waals surface area contributed by atoms with E-state index in [-0.39, 0.29) is 0 Å². The third kappa shape index (κ3) is 1.69. The lowest BCUT2D eigenvalue weighted by molar-refractivity contribution is 0.0399. The molecule has 19 heavy (non-hydrogen) atoms. The van der Waals surface area contributed by atoms with E-state index in [0.29, 0.717) is 12.6 Å². The molecule has 1 atom stereocenters. The minimum atomic E-state index is 0.427. The van der Waals surface area contributed by atoms with Crippen LogP contribution in [-0.2, 0) is 4.74 Å². The normalized spacial score (nSPS) is 35.8. The van der Waals surface area contributed by atoms with E-state index in [1.165, 1.54) is 25.9 Å². The molecule has 0 aromatic rings. The highest BCUT2D eigenvalue weighted by Crippen LogP contribution is 2.35. The van der Waals surface area contributed by atoms with Gasteiger partial charge >= 0.3 is 0 Å². The van der Waals surface area contributed by atoms with Gasteiger partial charge in [0, 0.05) is 30.6 Å². The maximum absolute atomic E-state index is 9.04. The maximum atomic E-state index is 9.04. The van der Waals surface area contributed by atoms with Crippen molar-refractivity contribution in [3.8, 4) is 6.07 Å². The van der Waals surface area contributed by atoms with Gasteiger partial charge in [-0.2, -0.15) is 5.26 Å². The smallest absolute Gasteiger partial charge is 0.144 e. The Balaban J connectivity index is 1.60. The van der Waals surface area contributed by atoms with Gasteiger partial charge in [0.25, 0.3) is 0 Å². The van der Waals surface area contributed by atoms with Crippen LogP contribution < -0.4 is 0 Å². The number of hydrogen-bond donors (Lipinski definition) is 0. The fourth-order valence-electron chi connectivity index (χ4n) is 3.65. The number of ether oxygens (including phenoxy) is 1. The van der Waals surface area contributed by atoms with E-state index in [1.807, 2.05) is 6.08 Å². The van der Waals surface area contributed by atoms with E-state index in [2.05, 4.69) is 28.3 Å². The van der Waals surface area contributed by atoms with Gasteiger partial charge in [-0.05, 0) is 37.9 Å². The molecule has 4 nitrogen and oxygen atoms in total. The van der Waals surface area contributed by atoms with Crippen molar-refractivity contribution >= 4 is 0 Å². The first-order chi connectivity index (χ1) is 9.35. The molecule has 0 aromatic carbocycles. The standard InChI is InChI=1S/C15H17N3O/c16-7-12-10-19-15-9-18(6-3-13(12)15)14-8-17-4-1-11(14)2-5-17/h3,6,9,11,14H,1-2,4-5,8,10H2/t14-/m0/s1. The Morgan fingerprint density at radius 2 is 2.16 bits per heavy atom. The van der Waals surface area contributed by atoms with Gasteiger partial charge < -0.3 is 14.5 Å². The number of allylic oxidation sites excluding steroid dienone is 1. The highest BCUT2D eigenvalue weighted by Gasteiger charge is 2.37. The van der Waals surface area contributed by atoms with Gasteiger partial charge in [0.05, 0.1) is 11.6 Å². The summed E-state index contributed by atoms with van der Waals surface area (Å²) in [5, 5.41) is 9.04. The Morgan fingerprint density at radius 1 is 1.32 bits per heavy atom. The second kappa shape index (κ2) is 4.14. The highest BCUT2D eigenvalue weighted by molar-refractivity contribution is 5.51. The molecule has 98 valence electrons. The Kier molecular flexibility index (Phi) is 2.42. The summed E-state index contributed by atoms with van der Waals surface area (Å²) in [6.07, 6.45) is 8.87. The number of rotatable bonds is 1. The van der Waals surface area contributed by atoms with E-state index in [4.69, 9.17) is 10.00 Å². The first-order valence-corrected chi connectivity index (χ1v) is 7.01. The lowest BCUT2D eigenvalue weighted by Crippen LogP contribution is -2.55. The molecule has 5 rings (SSSR count). The number of nitrogens with zero attached hydrogens (tertiary/aromatic N) is 3. The molecular formula is C15H17N3O. The molecule has 0 spiro atoms. The van der Waals surface area contributed by atoms with E-state index >= 15 is 0 Å². The lowest BCUT2D eigenvalue weighted by atomic mass is 9.83. The summed E-state index contributed by atoms with van der Waals surface area (Å²) in [5.74, 6) is 1.67. The second-order valence-electron chi connectivity index (χ2n) is 5.75. The molecule has 0 aliphatic carbocycles. The van der Waals surface area contributed by atoms with Gasteiger partial charge in [0.2, 0.25) is 0 Å². The third-order valence-corrected chi connectivity index (χ3v) is 4.78. The highest BCUT2D eigenvalue weighted by atomic mass is 16.5. The SMILES string of the molecule is N#CC1=C2C=CN([C@H]3CN4CCC3CC4)C=C2OC1. The summed E-state index contributed by atoms with van der Waals surface area (Å²) in [6.45, 7) is 4.10. The first kappa shape index (κ1) is 11.1. The van der Waals surface area contributed by atoms with Crippen LogP contribution >= 0.6 is 0 Å². The van der Waals surface area contributed by atoms with Crippen molar-refractivity contribution in [3.05, 3.63) is 35.4 Å². The van der Waals surface area contributed by atoms with Gasteiger partial charge in [-0.15, -0.1) is 0 Å². The summed E-state index contributed by atoms with van der Waals surface area (Å²) in [7, 11) is 0. The van der Waals surface area contributed by atoms with Gasteiger partial charge in [-0.3, -0.25) is 0 Å². The molecule has 0 N–H and O–H groups in total. The molecule has 5 heterocycles. The van der Waals surface area contributed by atoms with E-state index < -0.39 is 0 Å². The monoisotopic (exact) mass is 255 g/mol. The average Bonchev–Trinajstić information content (AvgIpc) is 2.90. The number of fused-ring (bicyclic) bond motifs is 4. The predicted molar refractivity (Wildman–Crippen MR) is 70.6 cm³/mol. The Bertz CT molecular complexity index is 532. The van der Waals surface area contributed by atoms with Crippen molar-refractivity contribution in [2.45, 2.75) is 18.9 Å². The van der Waals surface area contributed by atoms with E-state index in [0.717, 1.165) is 29.4 Å². The zero-order valence-corrected chi connectivity index (χ0v) is 10.9. The molecule has 5 aliphatic heterocycles. The fourth-order valence-corrected chi connectivity index (χ4v) is 3.65. The average molecular weight is 255 g/mol.